The van der Waals surface area contributed by atoms with Crippen molar-refractivity contribution in [2.24, 2.45) is 0 Å². The van der Waals surface area contributed by atoms with Crippen LogP contribution >= 0.6 is 0 Å². The molecule has 4 heterocycles. The van der Waals surface area contributed by atoms with E-state index in [1.807, 2.05) is 15.9 Å². The molecule has 0 radical (unpaired) electrons. The summed E-state index contributed by atoms with van der Waals surface area (Å²) in [6, 6.07) is 5.46. The maximum atomic E-state index is 12.8. The molecule has 0 aromatic carbocycles. The van der Waals surface area contributed by atoms with Crippen LogP contribution in [0.4, 0.5) is 4.79 Å². The molecule has 8 heteroatoms. The molecule has 0 unspecified atom stereocenters. The lowest BCUT2D eigenvalue weighted by atomic mass is 10.0. The van der Waals surface area contributed by atoms with Gasteiger partial charge in [-0.3, -0.25) is 4.79 Å². The van der Waals surface area contributed by atoms with Crippen molar-refractivity contribution >= 4 is 11.9 Å². The zero-order valence-corrected chi connectivity index (χ0v) is 13.8. The van der Waals surface area contributed by atoms with E-state index in [0.717, 1.165) is 12.8 Å². The summed E-state index contributed by atoms with van der Waals surface area (Å²) in [5.74, 6) is 0.635. The number of nitrogens with one attached hydrogen (secondary N) is 1. The highest BCUT2D eigenvalue weighted by molar-refractivity contribution is 5.94. The zero-order chi connectivity index (χ0) is 17.2. The Morgan fingerprint density at radius 3 is 2.88 bits per heavy atom. The minimum atomic E-state index is -0.0381. The maximum absolute atomic E-state index is 12.8. The lowest BCUT2D eigenvalue weighted by molar-refractivity contribution is 0.0634. The third kappa shape index (κ3) is 3.07. The van der Waals surface area contributed by atoms with Crippen LogP contribution in [0.2, 0.25) is 0 Å². The van der Waals surface area contributed by atoms with Gasteiger partial charge in [0.2, 0.25) is 0 Å². The average Bonchev–Trinajstić information content (AvgIpc) is 3.33. The van der Waals surface area contributed by atoms with Gasteiger partial charge in [0.15, 0.2) is 5.82 Å². The summed E-state index contributed by atoms with van der Waals surface area (Å²) in [4.78, 5) is 32.6. The van der Waals surface area contributed by atoms with E-state index in [2.05, 4.69) is 15.4 Å². The first-order valence-corrected chi connectivity index (χ1v) is 8.52. The fraction of sp³-hybridized carbons (Fsp3) is 0.412. The number of carbonyl (C=O) groups is 2. The number of hydrogen-bond donors (Lipinski definition) is 1. The second kappa shape index (κ2) is 6.54. The molecule has 2 aromatic rings. The predicted molar refractivity (Wildman–Crippen MR) is 90.4 cm³/mol. The number of nitrogens with zero attached hydrogens (tertiary/aromatic N) is 5. The Bertz CT molecular complexity index is 758. The highest BCUT2D eigenvalue weighted by atomic mass is 16.2. The smallest absolute Gasteiger partial charge is 0.317 e. The maximum Gasteiger partial charge on any atom is 0.317 e. The molecule has 4 rings (SSSR count). The molecule has 0 spiro atoms. The summed E-state index contributed by atoms with van der Waals surface area (Å²) in [6.07, 6.45) is 6.92. The predicted octanol–water partition coefficient (Wildman–Crippen LogP) is 0.897. The van der Waals surface area contributed by atoms with E-state index in [0.29, 0.717) is 37.6 Å². The van der Waals surface area contributed by atoms with Crippen LogP contribution in [0.25, 0.3) is 5.82 Å². The van der Waals surface area contributed by atoms with Crippen molar-refractivity contribution in [3.8, 4) is 5.82 Å². The van der Waals surface area contributed by atoms with E-state index in [1.165, 1.54) is 0 Å². The van der Waals surface area contributed by atoms with Gasteiger partial charge in [0.1, 0.15) is 0 Å². The summed E-state index contributed by atoms with van der Waals surface area (Å²) in [5, 5.41) is 6.95. The quantitative estimate of drug-likeness (QED) is 0.900. The topological polar surface area (TPSA) is 83.4 Å². The van der Waals surface area contributed by atoms with Crippen LogP contribution in [-0.4, -0.2) is 68.7 Å². The minimum Gasteiger partial charge on any atom is -0.337 e. The summed E-state index contributed by atoms with van der Waals surface area (Å²) in [5.41, 5.74) is 0.558. The van der Waals surface area contributed by atoms with Crippen molar-refractivity contribution < 1.29 is 9.59 Å². The van der Waals surface area contributed by atoms with E-state index in [4.69, 9.17) is 0 Å². The molecular formula is C17H20N6O2. The van der Waals surface area contributed by atoms with Crippen molar-refractivity contribution in [2.75, 3.05) is 26.2 Å². The van der Waals surface area contributed by atoms with Gasteiger partial charge in [0.05, 0.1) is 11.6 Å². The fourth-order valence-electron chi connectivity index (χ4n) is 3.46. The van der Waals surface area contributed by atoms with Crippen molar-refractivity contribution in [1.29, 1.82) is 0 Å². The van der Waals surface area contributed by atoms with Crippen molar-refractivity contribution in [3.05, 3.63) is 42.4 Å². The van der Waals surface area contributed by atoms with Crippen LogP contribution in [0.3, 0.4) is 0 Å². The first kappa shape index (κ1) is 15.6. The molecule has 2 aromatic heterocycles. The summed E-state index contributed by atoms with van der Waals surface area (Å²) in [7, 11) is 0. The Balaban J connectivity index is 1.45. The Kier molecular flexibility index (Phi) is 4.09. The highest BCUT2D eigenvalue weighted by Crippen LogP contribution is 2.19. The molecule has 2 saturated heterocycles. The number of hydrogen-bond acceptors (Lipinski definition) is 4. The second-order valence-corrected chi connectivity index (χ2v) is 6.33. The van der Waals surface area contributed by atoms with Gasteiger partial charge in [0.25, 0.3) is 5.91 Å². The number of piperidine rings is 1. The Morgan fingerprint density at radius 1 is 1.28 bits per heavy atom. The van der Waals surface area contributed by atoms with Crippen LogP contribution in [0.1, 0.15) is 23.2 Å². The van der Waals surface area contributed by atoms with Crippen LogP contribution in [0.15, 0.2) is 36.8 Å². The lowest BCUT2D eigenvalue weighted by Crippen LogP contribution is -2.50. The molecule has 0 saturated carbocycles. The number of likely N-dealkylation sites (tertiary alicyclic amines) is 1. The van der Waals surface area contributed by atoms with E-state index >= 15 is 0 Å². The molecule has 8 nitrogen and oxygen atoms in total. The van der Waals surface area contributed by atoms with Gasteiger partial charge in [0, 0.05) is 44.8 Å². The highest BCUT2D eigenvalue weighted by Gasteiger charge is 2.33. The number of amides is 3. The van der Waals surface area contributed by atoms with E-state index in [9.17, 15) is 9.59 Å². The molecule has 3 amide bonds. The Morgan fingerprint density at radius 2 is 2.20 bits per heavy atom. The molecular weight excluding hydrogens is 320 g/mol. The monoisotopic (exact) mass is 340 g/mol. The second-order valence-electron chi connectivity index (χ2n) is 6.33. The third-order valence-electron chi connectivity index (χ3n) is 4.75. The third-order valence-corrected chi connectivity index (χ3v) is 4.75. The SMILES string of the molecule is O=C(c1ccc(-n2cccn2)nc1)N1CCC[C@@H](N2CCNC2=O)C1. The van der Waals surface area contributed by atoms with Gasteiger partial charge >= 0.3 is 6.03 Å². The molecule has 130 valence electrons. The number of aromatic nitrogens is 3. The number of pyridine rings is 1. The summed E-state index contributed by atoms with van der Waals surface area (Å²) < 4.78 is 1.65. The van der Waals surface area contributed by atoms with Crippen LogP contribution < -0.4 is 5.32 Å². The number of carbonyl (C=O) groups excluding carboxylic acids is 2. The molecule has 0 bridgehead atoms. The van der Waals surface area contributed by atoms with Crippen molar-refractivity contribution in [3.63, 3.8) is 0 Å². The molecule has 2 aliphatic heterocycles. The van der Waals surface area contributed by atoms with Crippen molar-refractivity contribution in [1.82, 2.24) is 29.9 Å². The average molecular weight is 340 g/mol. The van der Waals surface area contributed by atoms with Crippen molar-refractivity contribution in [2.45, 2.75) is 18.9 Å². The molecule has 0 aliphatic carbocycles. The standard InChI is InChI=1S/C17H20N6O2/c24-16(13-4-5-15(19-11-13)23-9-2-6-20-23)21-8-1-3-14(12-21)22-10-7-18-17(22)25/h2,4-6,9,11,14H,1,3,7-8,10,12H2,(H,18,25)/t14-/m1/s1. The fourth-order valence-corrected chi connectivity index (χ4v) is 3.46. The largest absolute Gasteiger partial charge is 0.337 e. The normalized spacial score (nSPS) is 20.6. The van der Waals surface area contributed by atoms with Gasteiger partial charge in [-0.25, -0.2) is 14.5 Å². The minimum absolute atomic E-state index is 0.0236. The van der Waals surface area contributed by atoms with Crippen LogP contribution in [0, 0.1) is 0 Å². The van der Waals surface area contributed by atoms with E-state index in [1.54, 1.807) is 35.4 Å². The Labute approximate surface area is 145 Å². The first-order chi connectivity index (χ1) is 12.2. The van der Waals surface area contributed by atoms with Gasteiger partial charge in [-0.05, 0) is 31.0 Å². The van der Waals surface area contributed by atoms with Gasteiger partial charge in [-0.15, -0.1) is 0 Å². The van der Waals surface area contributed by atoms with Gasteiger partial charge < -0.3 is 15.1 Å². The molecule has 1 N–H and O–H groups in total. The van der Waals surface area contributed by atoms with Crippen LogP contribution in [0.5, 0.6) is 0 Å². The zero-order valence-electron chi connectivity index (χ0n) is 13.8. The summed E-state index contributed by atoms with van der Waals surface area (Å²) in [6.45, 7) is 2.69. The van der Waals surface area contributed by atoms with E-state index in [-0.39, 0.29) is 18.0 Å². The molecule has 25 heavy (non-hydrogen) atoms. The molecule has 2 fully saturated rings. The van der Waals surface area contributed by atoms with Crippen LogP contribution in [-0.2, 0) is 0 Å². The van der Waals surface area contributed by atoms with Gasteiger partial charge in [-0.1, -0.05) is 0 Å². The molecule has 2 aliphatic rings. The Hall–Kier alpha value is -2.90. The summed E-state index contributed by atoms with van der Waals surface area (Å²) >= 11 is 0. The lowest BCUT2D eigenvalue weighted by Gasteiger charge is -2.37. The van der Waals surface area contributed by atoms with Gasteiger partial charge in [-0.2, -0.15) is 5.10 Å². The molecule has 1 atom stereocenters. The van der Waals surface area contributed by atoms with E-state index < -0.39 is 0 Å². The number of urea groups is 1. The first-order valence-electron chi connectivity index (χ1n) is 8.52. The number of rotatable bonds is 3.